The highest BCUT2D eigenvalue weighted by Gasteiger charge is 2.07. The predicted octanol–water partition coefficient (Wildman–Crippen LogP) is 6.71. The monoisotopic (exact) mass is 617 g/mol. The molecule has 0 aliphatic carbocycles. The standard InChI is InChI=1S/C34H32ClNO8/c1-3-32(37)42-21-5-19-40-28-13-7-25(8-14-28)11-18-34(39)44-31-17-12-27(23-30(31)35)36-24-26-9-15-29(16-10-26)41-20-6-22-43-33(38)4-2/h3-4,7-18,23-24H,1-2,5-6,19-22H2/b18-11+,36-24?. The number of carbonyl (C=O) groups excluding carboxylic acids is 3. The number of hydrogen-bond acceptors (Lipinski definition) is 9. The second-order valence-corrected chi connectivity index (χ2v) is 9.32. The topological polar surface area (TPSA) is 110 Å². The minimum atomic E-state index is -0.586. The highest BCUT2D eigenvalue weighted by molar-refractivity contribution is 6.32. The first-order valence-corrected chi connectivity index (χ1v) is 14.0. The van der Waals surface area contributed by atoms with Gasteiger partial charge in [0.25, 0.3) is 0 Å². The molecule has 3 aromatic rings. The molecule has 3 rings (SSSR count). The number of rotatable bonds is 17. The lowest BCUT2D eigenvalue weighted by atomic mass is 10.2. The molecule has 44 heavy (non-hydrogen) atoms. The SMILES string of the molecule is C=CC(=O)OCCCOc1ccc(C=Nc2ccc(OC(=O)/C=C/c3ccc(OCCCOC(=O)C=C)cc3)c(Cl)c2)cc1. The van der Waals surface area contributed by atoms with Crippen molar-refractivity contribution in [3.05, 3.63) is 114 Å². The minimum Gasteiger partial charge on any atom is -0.493 e. The van der Waals surface area contributed by atoms with Gasteiger partial charge in [0.2, 0.25) is 0 Å². The van der Waals surface area contributed by atoms with Gasteiger partial charge in [-0.25, -0.2) is 14.4 Å². The fraction of sp³-hybridized carbons (Fsp3) is 0.176. The van der Waals surface area contributed by atoms with Crippen LogP contribution in [0, 0.1) is 0 Å². The van der Waals surface area contributed by atoms with Gasteiger partial charge in [0.1, 0.15) is 17.2 Å². The van der Waals surface area contributed by atoms with E-state index in [9.17, 15) is 14.4 Å². The summed E-state index contributed by atoms with van der Waals surface area (Å²) in [4.78, 5) is 38.8. The Morgan fingerprint density at radius 1 is 0.705 bits per heavy atom. The Labute approximate surface area is 261 Å². The van der Waals surface area contributed by atoms with Crippen molar-refractivity contribution in [1.29, 1.82) is 0 Å². The van der Waals surface area contributed by atoms with Gasteiger partial charge in [0.15, 0.2) is 0 Å². The maximum atomic E-state index is 12.3. The average molecular weight is 618 g/mol. The van der Waals surface area contributed by atoms with Gasteiger partial charge in [0, 0.05) is 37.3 Å². The number of carbonyl (C=O) groups is 3. The zero-order valence-electron chi connectivity index (χ0n) is 24.0. The van der Waals surface area contributed by atoms with Crippen molar-refractivity contribution in [2.75, 3.05) is 26.4 Å². The van der Waals surface area contributed by atoms with Crippen molar-refractivity contribution >= 4 is 47.5 Å². The number of hydrogen-bond donors (Lipinski definition) is 0. The second kappa shape index (κ2) is 18.4. The van der Waals surface area contributed by atoms with Crippen molar-refractivity contribution in [3.63, 3.8) is 0 Å². The molecule has 0 unspecified atom stereocenters. The molecule has 0 fully saturated rings. The zero-order valence-corrected chi connectivity index (χ0v) is 24.7. The molecule has 0 atom stereocenters. The second-order valence-electron chi connectivity index (χ2n) is 8.91. The summed E-state index contributed by atoms with van der Waals surface area (Å²) in [6.07, 6.45) is 7.95. The molecule has 0 saturated heterocycles. The molecule has 0 aliphatic rings. The van der Waals surface area contributed by atoms with Crippen LogP contribution in [0.15, 0.2) is 103 Å². The molecule has 0 spiro atoms. The Kier molecular flexibility index (Phi) is 13.9. The van der Waals surface area contributed by atoms with E-state index in [4.69, 9.17) is 35.3 Å². The summed E-state index contributed by atoms with van der Waals surface area (Å²) in [7, 11) is 0. The van der Waals surface area contributed by atoms with E-state index in [0.717, 1.165) is 23.3 Å². The zero-order chi connectivity index (χ0) is 31.6. The molecule has 0 amide bonds. The largest absolute Gasteiger partial charge is 0.493 e. The van der Waals surface area contributed by atoms with Gasteiger partial charge in [-0.1, -0.05) is 36.9 Å². The molecule has 0 N–H and O–H groups in total. The van der Waals surface area contributed by atoms with E-state index in [-0.39, 0.29) is 24.0 Å². The molecule has 0 bridgehead atoms. The minimum absolute atomic E-state index is 0.212. The van der Waals surface area contributed by atoms with Crippen molar-refractivity contribution in [2.24, 2.45) is 4.99 Å². The van der Waals surface area contributed by atoms with Gasteiger partial charge in [-0.2, -0.15) is 0 Å². The summed E-state index contributed by atoms with van der Waals surface area (Å²) in [6.45, 7) is 7.99. The Hall–Kier alpha value is -5.15. The Morgan fingerprint density at radius 2 is 1.25 bits per heavy atom. The van der Waals surface area contributed by atoms with Crippen LogP contribution in [0.25, 0.3) is 6.08 Å². The number of nitrogens with zero attached hydrogens (tertiary/aromatic N) is 1. The highest BCUT2D eigenvalue weighted by Crippen LogP contribution is 2.29. The van der Waals surface area contributed by atoms with Crippen LogP contribution >= 0.6 is 11.6 Å². The first kappa shape index (κ1) is 33.4. The van der Waals surface area contributed by atoms with Crippen LogP contribution in [0.1, 0.15) is 24.0 Å². The number of benzene rings is 3. The molecule has 0 radical (unpaired) electrons. The van der Waals surface area contributed by atoms with E-state index in [1.165, 1.54) is 6.08 Å². The van der Waals surface area contributed by atoms with Crippen LogP contribution in [-0.2, 0) is 23.9 Å². The highest BCUT2D eigenvalue weighted by atomic mass is 35.5. The molecule has 0 saturated carbocycles. The summed E-state index contributed by atoms with van der Waals surface area (Å²) in [5.74, 6) is 0.0440. The maximum Gasteiger partial charge on any atom is 0.336 e. The van der Waals surface area contributed by atoms with Gasteiger partial charge >= 0.3 is 17.9 Å². The lowest BCUT2D eigenvalue weighted by Gasteiger charge is -2.07. The van der Waals surface area contributed by atoms with E-state index < -0.39 is 17.9 Å². The first-order valence-electron chi connectivity index (χ1n) is 13.6. The van der Waals surface area contributed by atoms with Gasteiger partial charge in [0.05, 0.1) is 37.1 Å². The Morgan fingerprint density at radius 3 is 1.77 bits per heavy atom. The average Bonchev–Trinajstić information content (AvgIpc) is 3.04. The lowest BCUT2D eigenvalue weighted by Crippen LogP contribution is -2.06. The van der Waals surface area contributed by atoms with E-state index in [2.05, 4.69) is 18.2 Å². The molecular weight excluding hydrogens is 586 g/mol. The summed E-state index contributed by atoms with van der Waals surface area (Å²) in [5, 5.41) is 0.240. The summed E-state index contributed by atoms with van der Waals surface area (Å²) >= 11 is 6.32. The lowest BCUT2D eigenvalue weighted by molar-refractivity contribution is -0.138. The molecule has 3 aromatic carbocycles. The molecule has 9 nitrogen and oxygen atoms in total. The van der Waals surface area contributed by atoms with Gasteiger partial charge in [-0.15, -0.1) is 0 Å². The van der Waals surface area contributed by atoms with Crippen LogP contribution in [0.3, 0.4) is 0 Å². The fourth-order valence-corrected chi connectivity index (χ4v) is 3.61. The molecular formula is C34H32ClNO8. The number of aliphatic imine (C=N–C) groups is 1. The van der Waals surface area contributed by atoms with E-state index in [0.29, 0.717) is 43.2 Å². The van der Waals surface area contributed by atoms with Crippen molar-refractivity contribution < 1.29 is 38.1 Å². The van der Waals surface area contributed by atoms with E-state index in [1.807, 2.05) is 24.3 Å². The van der Waals surface area contributed by atoms with Crippen LogP contribution in [0.4, 0.5) is 5.69 Å². The van der Waals surface area contributed by atoms with E-state index >= 15 is 0 Å². The van der Waals surface area contributed by atoms with Crippen molar-refractivity contribution in [3.8, 4) is 17.2 Å². The van der Waals surface area contributed by atoms with Crippen LogP contribution in [0.2, 0.25) is 5.02 Å². The molecule has 228 valence electrons. The Balaban J connectivity index is 1.42. The summed E-state index contributed by atoms with van der Waals surface area (Å²) < 4.78 is 26.4. The third-order valence-electron chi connectivity index (χ3n) is 5.60. The van der Waals surface area contributed by atoms with Crippen LogP contribution < -0.4 is 14.2 Å². The number of halogens is 1. The van der Waals surface area contributed by atoms with Crippen molar-refractivity contribution in [1.82, 2.24) is 0 Å². The maximum absolute atomic E-state index is 12.3. The smallest absolute Gasteiger partial charge is 0.336 e. The van der Waals surface area contributed by atoms with E-state index in [1.54, 1.807) is 54.8 Å². The third-order valence-corrected chi connectivity index (χ3v) is 5.89. The molecule has 0 aliphatic heterocycles. The quantitative estimate of drug-likeness (QED) is 0.0541. The predicted molar refractivity (Wildman–Crippen MR) is 169 cm³/mol. The molecule has 0 aromatic heterocycles. The summed E-state index contributed by atoms with van der Waals surface area (Å²) in [5.41, 5.74) is 2.20. The van der Waals surface area contributed by atoms with Gasteiger partial charge < -0.3 is 23.7 Å². The normalized spacial score (nSPS) is 10.8. The van der Waals surface area contributed by atoms with Crippen LogP contribution in [0.5, 0.6) is 17.2 Å². The molecule has 0 heterocycles. The van der Waals surface area contributed by atoms with Gasteiger partial charge in [-0.3, -0.25) is 4.99 Å². The first-order chi connectivity index (χ1) is 21.4. The number of esters is 3. The third kappa shape index (κ3) is 12.4. The van der Waals surface area contributed by atoms with Gasteiger partial charge in [-0.05, 0) is 71.8 Å². The fourth-order valence-electron chi connectivity index (χ4n) is 3.40. The molecule has 10 heteroatoms. The Bertz CT molecular complexity index is 1480. The summed E-state index contributed by atoms with van der Waals surface area (Å²) in [6, 6.07) is 19.3. The van der Waals surface area contributed by atoms with Crippen molar-refractivity contribution in [2.45, 2.75) is 12.8 Å². The number of ether oxygens (including phenoxy) is 5. The van der Waals surface area contributed by atoms with Crippen LogP contribution in [-0.4, -0.2) is 50.6 Å².